The Kier molecular flexibility index (Phi) is 6.94. The van der Waals surface area contributed by atoms with Crippen LogP contribution in [0, 0.1) is 0 Å². The van der Waals surface area contributed by atoms with Crippen molar-refractivity contribution in [3.8, 4) is 11.6 Å². The van der Waals surface area contributed by atoms with Crippen LogP contribution in [0.5, 0.6) is 5.75 Å². The van der Waals surface area contributed by atoms with Gasteiger partial charge in [0.15, 0.2) is 11.6 Å². The Labute approximate surface area is 223 Å². The highest BCUT2D eigenvalue weighted by molar-refractivity contribution is 6.31. The van der Waals surface area contributed by atoms with Crippen LogP contribution in [-0.4, -0.2) is 40.8 Å². The molecule has 198 valence electrons. The molecule has 1 atom stereocenters. The van der Waals surface area contributed by atoms with Crippen LogP contribution in [0.4, 0.5) is 29.6 Å². The minimum absolute atomic E-state index is 0.0840. The monoisotopic (exact) mass is 555 g/mol. The number of para-hydroxylation sites is 1. The van der Waals surface area contributed by atoms with E-state index in [1.165, 1.54) is 29.5 Å². The summed E-state index contributed by atoms with van der Waals surface area (Å²) in [5.74, 6) is 1.21. The molecule has 1 amide bonds. The summed E-state index contributed by atoms with van der Waals surface area (Å²) in [6, 6.07) is 11.5. The molecule has 15 heteroatoms. The number of ether oxygens (including phenoxy) is 1. The summed E-state index contributed by atoms with van der Waals surface area (Å²) in [4.78, 5) is 32.6. The molecule has 11 nitrogen and oxygen atoms in total. The average molecular weight is 556 g/mol. The molecule has 0 fully saturated rings. The van der Waals surface area contributed by atoms with Gasteiger partial charge < -0.3 is 10.1 Å². The van der Waals surface area contributed by atoms with E-state index in [-0.39, 0.29) is 33.4 Å². The number of benzene rings is 2. The Bertz CT molecular complexity index is 1650. The van der Waals surface area contributed by atoms with Crippen LogP contribution < -0.4 is 15.4 Å². The van der Waals surface area contributed by atoms with Crippen molar-refractivity contribution in [2.24, 2.45) is 0 Å². The fraction of sp³-hybridized carbons (Fsp3) is 0.125. The molecule has 5 aromatic rings. The molecule has 0 saturated heterocycles. The van der Waals surface area contributed by atoms with E-state index in [1.54, 1.807) is 37.3 Å². The Hall–Kier alpha value is -4.85. The molecule has 0 bridgehead atoms. The number of carbonyl (C=O) groups excluding carboxylic acids is 1. The summed E-state index contributed by atoms with van der Waals surface area (Å²) < 4.78 is 47.3. The van der Waals surface area contributed by atoms with Crippen molar-refractivity contribution in [3.05, 3.63) is 83.9 Å². The number of hydrogen-bond donors (Lipinski definition) is 2. The van der Waals surface area contributed by atoms with Crippen LogP contribution in [0.3, 0.4) is 0 Å². The third-order valence-electron chi connectivity index (χ3n) is 5.38. The van der Waals surface area contributed by atoms with Crippen LogP contribution in [0.15, 0.2) is 67.5 Å². The molecule has 0 aliphatic rings. The van der Waals surface area contributed by atoms with Crippen LogP contribution in [-0.2, 0) is 6.18 Å². The van der Waals surface area contributed by atoms with Gasteiger partial charge in [-0.2, -0.15) is 23.0 Å². The Morgan fingerprint density at radius 2 is 1.77 bits per heavy atom. The Morgan fingerprint density at radius 3 is 2.54 bits per heavy atom. The molecule has 39 heavy (non-hydrogen) atoms. The number of alkyl halides is 3. The molecule has 0 unspecified atom stereocenters. The molecule has 2 N–H and O–H groups in total. The molecule has 3 heterocycles. The zero-order valence-electron chi connectivity index (χ0n) is 19.9. The van der Waals surface area contributed by atoms with Gasteiger partial charge in [0, 0.05) is 16.5 Å². The minimum atomic E-state index is -4.66. The molecular weight excluding hydrogens is 539 g/mol. The molecule has 3 aromatic heterocycles. The van der Waals surface area contributed by atoms with E-state index in [2.05, 4.69) is 40.7 Å². The number of aromatic nitrogens is 7. The van der Waals surface area contributed by atoms with E-state index < -0.39 is 23.9 Å². The molecule has 0 aliphatic carbocycles. The maximum atomic E-state index is 13.6. The van der Waals surface area contributed by atoms with Gasteiger partial charge in [-0.3, -0.25) is 5.32 Å². The molecule has 5 rings (SSSR count). The molecule has 0 saturated carbocycles. The molecule has 0 spiro atoms. The second-order valence-electron chi connectivity index (χ2n) is 8.05. The van der Waals surface area contributed by atoms with Crippen molar-refractivity contribution in [2.45, 2.75) is 19.1 Å². The van der Waals surface area contributed by atoms with Gasteiger partial charge in [0.2, 0.25) is 0 Å². The topological polar surface area (TPSA) is 133 Å². The number of hydrogen-bond acceptors (Lipinski definition) is 9. The van der Waals surface area contributed by atoms with Crippen LogP contribution in [0.25, 0.3) is 16.7 Å². The van der Waals surface area contributed by atoms with Crippen LogP contribution in [0.2, 0.25) is 5.02 Å². The third-order valence-corrected chi connectivity index (χ3v) is 5.60. The second kappa shape index (κ2) is 10.5. The Morgan fingerprint density at radius 1 is 1.00 bits per heavy atom. The zero-order valence-corrected chi connectivity index (χ0v) is 20.6. The maximum Gasteiger partial charge on any atom is 0.418 e. The highest BCUT2D eigenvalue weighted by Gasteiger charge is 2.34. The summed E-state index contributed by atoms with van der Waals surface area (Å²) in [7, 11) is 0. The lowest BCUT2D eigenvalue weighted by molar-refractivity contribution is -0.136. The largest absolute Gasteiger partial charge is 0.418 e. The fourth-order valence-corrected chi connectivity index (χ4v) is 3.93. The number of fused-ring (bicyclic) bond motifs is 1. The quantitative estimate of drug-likeness (QED) is 0.280. The minimum Gasteiger partial charge on any atom is -0.410 e. The van der Waals surface area contributed by atoms with E-state index in [9.17, 15) is 18.0 Å². The van der Waals surface area contributed by atoms with Crippen molar-refractivity contribution in [2.75, 3.05) is 10.6 Å². The van der Waals surface area contributed by atoms with Gasteiger partial charge in [-0.25, -0.2) is 29.7 Å². The SMILES string of the molecule is C[C@H](Nc1ncnc2c(C(F)(F)F)cc(Cl)cc12)c1ncnn1-c1cc(NC(=O)Oc2ccccc2)ncn1. The van der Waals surface area contributed by atoms with E-state index in [0.29, 0.717) is 11.6 Å². The van der Waals surface area contributed by atoms with Gasteiger partial charge in [-0.15, -0.1) is 0 Å². The van der Waals surface area contributed by atoms with E-state index in [0.717, 1.165) is 12.4 Å². The van der Waals surface area contributed by atoms with Gasteiger partial charge >= 0.3 is 12.3 Å². The number of anilines is 2. The number of amides is 1. The predicted molar refractivity (Wildman–Crippen MR) is 135 cm³/mol. The van der Waals surface area contributed by atoms with Crippen LogP contribution in [0.1, 0.15) is 24.4 Å². The molecule has 0 aliphatic heterocycles. The summed E-state index contributed by atoms with van der Waals surface area (Å²) in [5.41, 5.74) is -1.27. The van der Waals surface area contributed by atoms with Crippen molar-refractivity contribution >= 4 is 40.2 Å². The zero-order chi connectivity index (χ0) is 27.6. The van der Waals surface area contributed by atoms with Crippen molar-refractivity contribution < 1.29 is 22.7 Å². The molecule has 2 aromatic carbocycles. The number of carbonyl (C=O) groups is 1. The first-order valence-electron chi connectivity index (χ1n) is 11.2. The fourth-order valence-electron chi connectivity index (χ4n) is 3.71. The van der Waals surface area contributed by atoms with Gasteiger partial charge in [0.1, 0.15) is 36.4 Å². The van der Waals surface area contributed by atoms with Crippen molar-refractivity contribution in [1.29, 1.82) is 0 Å². The van der Waals surface area contributed by atoms with Crippen molar-refractivity contribution in [1.82, 2.24) is 34.7 Å². The smallest absolute Gasteiger partial charge is 0.410 e. The number of rotatable bonds is 6. The number of halogens is 4. The number of nitrogens with one attached hydrogen (secondary N) is 2. The maximum absolute atomic E-state index is 13.6. The first kappa shape index (κ1) is 25.8. The highest BCUT2D eigenvalue weighted by Crippen LogP contribution is 2.38. The van der Waals surface area contributed by atoms with E-state index in [1.807, 2.05) is 0 Å². The predicted octanol–water partition coefficient (Wildman–Crippen LogP) is 5.46. The molecular formula is C24H17ClF3N9O2. The van der Waals surface area contributed by atoms with Crippen molar-refractivity contribution in [3.63, 3.8) is 0 Å². The third kappa shape index (κ3) is 5.70. The van der Waals surface area contributed by atoms with Gasteiger partial charge in [-0.05, 0) is 31.2 Å². The summed E-state index contributed by atoms with van der Waals surface area (Å²) in [6.07, 6.45) is -1.89. The van der Waals surface area contributed by atoms with E-state index >= 15 is 0 Å². The standard InChI is InChI=1S/C24H17ClF3N9O2/c1-13(35-21-16-7-14(25)8-17(24(26,27)28)20(16)31-11-32-21)22-33-12-34-37(22)19-9-18(29-10-30-19)36-23(38)39-15-5-3-2-4-6-15/h2-13H,1H3,(H,31,32,35)(H,29,30,36,38)/t13-/m0/s1. The average Bonchev–Trinajstić information content (AvgIpc) is 3.39. The number of nitrogens with zero attached hydrogens (tertiary/aromatic N) is 7. The van der Waals surface area contributed by atoms with Gasteiger partial charge in [0.25, 0.3) is 0 Å². The van der Waals surface area contributed by atoms with E-state index in [4.69, 9.17) is 16.3 Å². The first-order valence-corrected chi connectivity index (χ1v) is 11.6. The highest BCUT2D eigenvalue weighted by atomic mass is 35.5. The summed E-state index contributed by atoms with van der Waals surface area (Å²) >= 11 is 5.98. The summed E-state index contributed by atoms with van der Waals surface area (Å²) in [5, 5.41) is 9.71. The van der Waals surface area contributed by atoms with Crippen LogP contribution >= 0.6 is 11.6 Å². The second-order valence-corrected chi connectivity index (χ2v) is 8.49. The molecule has 0 radical (unpaired) electrons. The lowest BCUT2D eigenvalue weighted by atomic mass is 10.1. The Balaban J connectivity index is 1.39. The van der Waals surface area contributed by atoms with Gasteiger partial charge in [-0.1, -0.05) is 29.8 Å². The van der Waals surface area contributed by atoms with Gasteiger partial charge in [0.05, 0.1) is 17.1 Å². The summed E-state index contributed by atoms with van der Waals surface area (Å²) in [6.45, 7) is 1.71. The lowest BCUT2D eigenvalue weighted by Crippen LogP contribution is -2.19. The lowest BCUT2D eigenvalue weighted by Gasteiger charge is -2.17. The first-order chi connectivity index (χ1) is 18.7. The normalized spacial score (nSPS) is 12.2.